The van der Waals surface area contributed by atoms with Crippen LogP contribution in [0.2, 0.25) is 0 Å². The summed E-state index contributed by atoms with van der Waals surface area (Å²) in [5.74, 6) is -23.1. The number of nitrogens with two attached hydrogens (primary N) is 4. The van der Waals surface area contributed by atoms with E-state index in [1.54, 1.807) is 18.2 Å². The highest BCUT2D eigenvalue weighted by Gasteiger charge is 2.42. The Labute approximate surface area is 657 Å². The van der Waals surface area contributed by atoms with E-state index in [1.807, 2.05) is 0 Å². The number of amides is 16. The van der Waals surface area contributed by atoms with Gasteiger partial charge in [0, 0.05) is 32.4 Å². The molecule has 0 saturated carbocycles. The highest BCUT2D eigenvalue weighted by Crippen LogP contribution is 2.21. The molecule has 636 valence electrons. The van der Waals surface area contributed by atoms with Gasteiger partial charge in [-0.3, -0.25) is 86.9 Å². The molecule has 2 aromatic rings. The Hall–Kier alpha value is -12.3. The van der Waals surface area contributed by atoms with Gasteiger partial charge in [-0.15, -0.1) is 0 Å². The van der Waals surface area contributed by atoms with Crippen molar-refractivity contribution in [3.63, 3.8) is 0 Å². The number of aromatic hydroxyl groups is 1. The summed E-state index contributed by atoms with van der Waals surface area (Å²) in [6.07, 6.45) is -8.65. The highest BCUT2D eigenvalue weighted by molar-refractivity contribution is 6.01. The van der Waals surface area contributed by atoms with E-state index in [9.17, 15) is 127 Å². The van der Waals surface area contributed by atoms with Gasteiger partial charge in [0.25, 0.3) is 0 Å². The molecule has 16 atom stereocenters. The van der Waals surface area contributed by atoms with Gasteiger partial charge in [0.1, 0.15) is 78.3 Å². The van der Waals surface area contributed by atoms with Crippen molar-refractivity contribution in [1.29, 1.82) is 5.41 Å². The minimum atomic E-state index is -2.03. The van der Waals surface area contributed by atoms with Gasteiger partial charge in [0.05, 0.1) is 63.5 Å². The van der Waals surface area contributed by atoms with Crippen LogP contribution in [0.25, 0.3) is 0 Å². The van der Waals surface area contributed by atoms with Crippen molar-refractivity contribution >= 4 is 112 Å². The van der Waals surface area contributed by atoms with E-state index >= 15 is 0 Å². The number of aliphatic hydroxyl groups excluding tert-OH is 5. The van der Waals surface area contributed by atoms with Crippen LogP contribution in [0.5, 0.6) is 5.75 Å². The number of hydrogen-bond donors (Lipinski definition) is 27. The Kier molecular flexibility index (Phi) is 40.4. The predicted molar refractivity (Wildman–Crippen MR) is 397 cm³/mol. The van der Waals surface area contributed by atoms with Crippen LogP contribution >= 0.6 is 0 Å². The molecule has 46 nitrogen and oxygen atoms in total. The number of likely N-dealkylation sites (tertiary alicyclic amines) is 1. The van der Waals surface area contributed by atoms with Crippen LogP contribution in [0.3, 0.4) is 0 Å². The van der Waals surface area contributed by atoms with Crippen LogP contribution in [0, 0.1) is 11.3 Å². The average molecular weight is 1630 g/mol. The lowest BCUT2D eigenvalue weighted by molar-refractivity contribution is -0.146. The van der Waals surface area contributed by atoms with Crippen LogP contribution in [0.15, 0.2) is 54.6 Å². The molecule has 0 aliphatic carbocycles. The molecule has 115 heavy (non-hydrogen) atoms. The minimum absolute atomic E-state index is 0.0140. The molecule has 31 N–H and O–H groups in total. The van der Waals surface area contributed by atoms with Gasteiger partial charge in [-0.1, -0.05) is 56.3 Å². The lowest BCUT2D eigenvalue weighted by atomic mass is 10.0. The molecule has 46 heteroatoms. The number of aliphatic hydroxyl groups is 5. The number of hydrogen-bond acceptors (Lipinski definition) is 26. The number of nitrogens with one attached hydrogen (secondary N) is 15. The number of carboxylic acids is 2. The molecule has 0 spiro atoms. The van der Waals surface area contributed by atoms with Crippen molar-refractivity contribution in [1.82, 2.24) is 79.3 Å². The van der Waals surface area contributed by atoms with Crippen LogP contribution in [0.4, 0.5) is 0 Å². The number of aliphatic carboxylic acids is 2. The molecule has 1 aliphatic heterocycles. The third-order valence-corrected chi connectivity index (χ3v) is 17.4. The largest absolute Gasteiger partial charge is 0.508 e. The molecular weight excluding hydrogens is 1520 g/mol. The fourth-order valence-electron chi connectivity index (χ4n) is 11.2. The summed E-state index contributed by atoms with van der Waals surface area (Å²) >= 11 is 0. The Morgan fingerprint density at radius 1 is 0.478 bits per heavy atom. The summed E-state index contributed by atoms with van der Waals surface area (Å²) in [5.41, 5.74) is 22.4. The molecule has 0 bridgehead atoms. The number of nitrogens with zero attached hydrogens (tertiary/aromatic N) is 1. The summed E-state index contributed by atoms with van der Waals surface area (Å²) in [4.78, 5) is 241. The maximum absolute atomic E-state index is 14.3. The topological polar surface area (TPSA) is 769 Å². The first-order valence-corrected chi connectivity index (χ1v) is 36.1. The number of carboxylic acid groups (broad SMARTS) is 2. The van der Waals surface area contributed by atoms with Crippen LogP contribution in [-0.2, 0) is 99.1 Å². The number of phenols is 1. The Bertz CT molecular complexity index is 3780. The normalized spacial score (nSPS) is 16.3. The number of carbonyl (C=O) groups excluding carboxylic acids is 16. The molecule has 1 heterocycles. The Morgan fingerprint density at radius 3 is 1.44 bits per heavy atom. The fraction of sp³-hybridized carbons (Fsp3) is 0.551. The first-order valence-electron chi connectivity index (χ1n) is 36.1. The zero-order chi connectivity index (χ0) is 86.7. The van der Waals surface area contributed by atoms with Gasteiger partial charge >= 0.3 is 11.9 Å². The number of phenolic OH excluding ortho intramolecular Hbond substituents is 1. The number of rotatable bonds is 49. The van der Waals surface area contributed by atoms with E-state index in [4.69, 9.17) is 28.3 Å². The van der Waals surface area contributed by atoms with Gasteiger partial charge in [0.2, 0.25) is 94.5 Å². The smallest absolute Gasteiger partial charge is 0.328 e. The van der Waals surface area contributed by atoms with Crippen LogP contribution < -0.4 is 97.4 Å². The van der Waals surface area contributed by atoms with Gasteiger partial charge < -0.3 is 143 Å². The molecule has 3 rings (SSSR count). The lowest BCUT2D eigenvalue weighted by Gasteiger charge is -2.30. The van der Waals surface area contributed by atoms with Crippen LogP contribution in [-0.4, -0.2) is 294 Å². The third-order valence-electron chi connectivity index (χ3n) is 17.4. The second-order valence-electron chi connectivity index (χ2n) is 27.2. The van der Waals surface area contributed by atoms with Gasteiger partial charge in [-0.05, 0) is 82.1 Å². The molecular formula is C69H104N20O26. The van der Waals surface area contributed by atoms with E-state index in [-0.39, 0.29) is 56.0 Å². The minimum Gasteiger partial charge on any atom is -0.508 e. The molecule has 1 aliphatic rings. The third kappa shape index (κ3) is 33.5. The standard InChI is InChI=1S/C69H104N20O26/c1-31(2)52(64(110)88-53(32(3)92)65(111)82-41(23-35-11-7-6-8-12-35)60(106)81-43(26-51(100)101)58(104)77-28-50(99)85-55(34(5)94)67(113)89-22-10-14-46(89)63(109)84-45(30-91)68(114)115)86-66(112)54(33(4)93)87-62(108)44(29-90)83-59(105)40(24-36-15-17-37(95)18-16-36)78-49(98)27-76-57(103)39(19-20-47(71)96)79-61(107)42(25-48(72)97)80-56(102)38(70)13-9-21-75-69(73)74/h6-8,11-12,15-18,31-34,38-46,52-55,90-95H,9-10,13-14,19-30,70H2,1-5H3,(H2,71,96)(H2,72,97)(H,76,103)(H,77,104)(H,78,98)(H,79,107)(H,80,102)(H,81,106)(H,82,111)(H,83,105)(H,84,109)(H,85,99)(H,86,112)(H,87,108)(H,88,110)(H,100,101)(H,114,115)(H4,73,74,75)/t32-,33-,34-,38+,39+,40+,41+,42+,43+,44+,45+,46+,52+,53+,54+,55+/m1/s1. The van der Waals surface area contributed by atoms with E-state index in [2.05, 4.69) is 74.4 Å². The maximum atomic E-state index is 14.3. The average Bonchev–Trinajstić information content (AvgIpc) is 1.74. The predicted octanol–water partition coefficient (Wildman–Crippen LogP) is -12.2. The number of benzene rings is 2. The lowest BCUT2D eigenvalue weighted by Crippen LogP contribution is -2.64. The summed E-state index contributed by atoms with van der Waals surface area (Å²) in [6, 6.07) is -9.93. The fourth-order valence-corrected chi connectivity index (χ4v) is 11.2. The van der Waals surface area contributed by atoms with Crippen molar-refractivity contribution in [3.8, 4) is 5.75 Å². The highest BCUT2D eigenvalue weighted by atomic mass is 16.4. The molecule has 2 aromatic carbocycles. The summed E-state index contributed by atoms with van der Waals surface area (Å²) in [7, 11) is 0. The first-order chi connectivity index (χ1) is 54.0. The second-order valence-corrected chi connectivity index (χ2v) is 27.2. The second kappa shape index (κ2) is 47.9. The molecule has 0 radical (unpaired) electrons. The maximum Gasteiger partial charge on any atom is 0.328 e. The van der Waals surface area contributed by atoms with E-state index in [1.165, 1.54) is 50.2 Å². The Morgan fingerprint density at radius 2 is 0.930 bits per heavy atom. The first kappa shape index (κ1) is 96.9. The van der Waals surface area contributed by atoms with Crippen molar-refractivity contribution < 1.29 is 127 Å². The van der Waals surface area contributed by atoms with Crippen molar-refractivity contribution in [3.05, 3.63) is 65.7 Å². The van der Waals surface area contributed by atoms with E-state index in [0.717, 1.165) is 25.7 Å². The number of primary amides is 2. The molecule has 1 fully saturated rings. The quantitative estimate of drug-likeness (QED) is 0.0166. The zero-order valence-corrected chi connectivity index (χ0v) is 63.5. The van der Waals surface area contributed by atoms with E-state index in [0.29, 0.717) is 5.56 Å². The van der Waals surface area contributed by atoms with Gasteiger partial charge in [-0.2, -0.15) is 0 Å². The molecule has 0 unspecified atom stereocenters. The summed E-state index contributed by atoms with van der Waals surface area (Å²) in [5, 5.41) is 120. The SMILES string of the molecule is CC(C)[C@H](NC(=O)[C@@H](NC(=O)[C@H](CO)NC(=O)[C@H](Cc1ccc(O)cc1)NC(=O)CNC(=O)[C@H](CCC(N)=O)NC(=O)[C@H](CC(N)=O)NC(=O)[C@@H](N)CCCNC(=N)N)[C@@H](C)O)C(=O)N[C@H](C(=O)N[C@@H](Cc1ccccc1)C(=O)N[C@@H](CC(=O)O)C(=O)NCC(=O)N[C@H](C(=O)N1CCC[C@H]1C(=O)N[C@@H](CO)C(=O)O)[C@@H](C)O)[C@@H](C)O. The number of guanidine groups is 1. The van der Waals surface area contributed by atoms with Gasteiger partial charge in [0.15, 0.2) is 5.96 Å². The molecule has 0 aromatic heterocycles. The zero-order valence-electron chi connectivity index (χ0n) is 63.5. The molecule has 1 saturated heterocycles. The summed E-state index contributed by atoms with van der Waals surface area (Å²) < 4.78 is 0. The van der Waals surface area contributed by atoms with Crippen molar-refractivity contribution in [2.45, 2.75) is 196 Å². The molecule has 16 amide bonds. The van der Waals surface area contributed by atoms with Crippen LogP contribution in [0.1, 0.15) is 97.1 Å². The van der Waals surface area contributed by atoms with Gasteiger partial charge in [-0.25, -0.2) is 4.79 Å². The number of carbonyl (C=O) groups is 18. The van der Waals surface area contributed by atoms with Crippen molar-refractivity contribution in [2.24, 2.45) is 28.9 Å². The summed E-state index contributed by atoms with van der Waals surface area (Å²) in [6.45, 7) is 1.83. The monoisotopic (exact) mass is 1630 g/mol. The van der Waals surface area contributed by atoms with Crippen molar-refractivity contribution in [2.75, 3.05) is 39.4 Å². The van der Waals surface area contributed by atoms with E-state index < -0.39 is 274 Å². The Balaban J connectivity index is 1.80.